The van der Waals surface area contributed by atoms with Gasteiger partial charge in [-0.05, 0) is 42.5 Å². The van der Waals surface area contributed by atoms with Crippen molar-refractivity contribution in [1.29, 1.82) is 0 Å². The Morgan fingerprint density at radius 3 is 1.75 bits per heavy atom. The number of nitrogens with zero attached hydrogens (tertiary/aromatic N) is 3. The lowest BCUT2D eigenvalue weighted by molar-refractivity contribution is -0.195. The highest BCUT2D eigenvalue weighted by Crippen LogP contribution is 2.43. The van der Waals surface area contributed by atoms with E-state index >= 15 is 0 Å². The zero-order chi connectivity index (χ0) is 25.0. The third-order valence-electron chi connectivity index (χ3n) is 6.83. The molecule has 0 aliphatic carbocycles. The zero-order valence-electron chi connectivity index (χ0n) is 20.6. The number of hydrogen-bond donors (Lipinski definition) is 0. The lowest BCUT2D eigenvalue weighted by Crippen LogP contribution is -2.39. The Kier molecular flexibility index (Phi) is 7.10. The van der Waals surface area contributed by atoms with E-state index in [-0.39, 0.29) is 31.0 Å². The van der Waals surface area contributed by atoms with Crippen molar-refractivity contribution in [3.8, 4) is 0 Å². The smallest absolute Gasteiger partial charge is 0.164 e. The Morgan fingerprint density at radius 1 is 0.806 bits per heavy atom. The van der Waals surface area contributed by atoms with Crippen molar-refractivity contribution in [2.75, 3.05) is 13.2 Å². The zero-order valence-corrected chi connectivity index (χ0v) is 20.6. The Bertz CT molecular complexity index is 1090. The molecule has 7 heteroatoms. The molecule has 0 N–H and O–H groups in total. The summed E-state index contributed by atoms with van der Waals surface area (Å²) in [5.41, 5.74) is 10.9. The van der Waals surface area contributed by atoms with Gasteiger partial charge in [-0.25, -0.2) is 0 Å². The fourth-order valence-electron chi connectivity index (χ4n) is 5.34. The molecule has 2 saturated heterocycles. The van der Waals surface area contributed by atoms with Gasteiger partial charge in [0.1, 0.15) is 23.9 Å². The van der Waals surface area contributed by atoms with Crippen molar-refractivity contribution in [3.63, 3.8) is 0 Å². The van der Waals surface area contributed by atoms with Crippen molar-refractivity contribution in [2.45, 2.75) is 56.1 Å². The van der Waals surface area contributed by atoms with E-state index in [4.69, 9.17) is 24.5 Å². The number of fused-ring (bicyclic) bond motifs is 1. The Morgan fingerprint density at radius 2 is 1.28 bits per heavy atom. The highest BCUT2D eigenvalue weighted by atomic mass is 16.8. The predicted octanol–water partition coefficient (Wildman–Crippen LogP) is 5.98. The molecule has 5 rings (SSSR count). The standard InChI is InChI=1S/C29H31N3O4/c1-28(2)35-26-24(18-19-31-32-30)34-25(27(26)36-28)20-33-29(21-12-6-3-7-13-21,22-14-8-4-9-15-22)23-16-10-5-11-17-23/h3-17,24-27H,18-20H2,1-2H3/t24-,25+,26-,27+/m0/s1. The summed E-state index contributed by atoms with van der Waals surface area (Å²) in [6, 6.07) is 30.8. The van der Waals surface area contributed by atoms with Gasteiger partial charge in [0.15, 0.2) is 5.79 Å². The van der Waals surface area contributed by atoms with Crippen molar-refractivity contribution in [2.24, 2.45) is 5.11 Å². The molecule has 3 aromatic rings. The largest absolute Gasteiger partial charge is 0.367 e. The van der Waals surface area contributed by atoms with Gasteiger partial charge in [-0.2, -0.15) is 0 Å². The van der Waals surface area contributed by atoms with E-state index in [0.29, 0.717) is 13.0 Å². The van der Waals surface area contributed by atoms with E-state index in [1.54, 1.807) is 0 Å². The number of azide groups is 1. The maximum atomic E-state index is 8.70. The molecule has 2 fully saturated rings. The van der Waals surface area contributed by atoms with Crippen molar-refractivity contribution in [1.82, 2.24) is 0 Å². The quantitative estimate of drug-likeness (QED) is 0.161. The van der Waals surface area contributed by atoms with Gasteiger partial charge in [0.2, 0.25) is 0 Å². The molecule has 0 unspecified atom stereocenters. The second kappa shape index (κ2) is 10.4. The highest BCUT2D eigenvalue weighted by Gasteiger charge is 2.55. The molecular weight excluding hydrogens is 454 g/mol. The van der Waals surface area contributed by atoms with Crippen LogP contribution in [-0.4, -0.2) is 43.4 Å². The lowest BCUT2D eigenvalue weighted by Gasteiger charge is -2.37. The molecule has 3 aromatic carbocycles. The molecule has 2 aliphatic heterocycles. The van der Waals surface area contributed by atoms with Crippen LogP contribution in [0.1, 0.15) is 37.0 Å². The van der Waals surface area contributed by atoms with Crippen LogP contribution in [0.2, 0.25) is 0 Å². The van der Waals surface area contributed by atoms with Crippen LogP contribution in [0.5, 0.6) is 0 Å². The molecule has 4 atom stereocenters. The van der Waals surface area contributed by atoms with Crippen LogP contribution in [-0.2, 0) is 24.5 Å². The van der Waals surface area contributed by atoms with Gasteiger partial charge in [0.05, 0.1) is 12.7 Å². The maximum Gasteiger partial charge on any atom is 0.164 e. The van der Waals surface area contributed by atoms with E-state index in [1.807, 2.05) is 68.4 Å². The SMILES string of the molecule is CC1(C)O[C@@H]2[C@H](O1)[C@@H](COC(c1ccccc1)(c1ccccc1)c1ccccc1)O[C@H]2CCN=[N+]=[N-]. The van der Waals surface area contributed by atoms with Crippen LogP contribution in [0.25, 0.3) is 10.4 Å². The summed E-state index contributed by atoms with van der Waals surface area (Å²) in [7, 11) is 0. The Labute approximate surface area is 211 Å². The van der Waals surface area contributed by atoms with Gasteiger partial charge in [0, 0.05) is 11.5 Å². The molecule has 0 amide bonds. The Hall–Kier alpha value is -3.19. The summed E-state index contributed by atoms with van der Waals surface area (Å²) < 4.78 is 25.9. The van der Waals surface area contributed by atoms with Crippen LogP contribution < -0.4 is 0 Å². The highest BCUT2D eigenvalue weighted by molar-refractivity contribution is 5.47. The lowest BCUT2D eigenvalue weighted by atomic mass is 9.80. The molecular formula is C29H31N3O4. The summed E-state index contributed by atoms with van der Waals surface area (Å²) in [5, 5.41) is 3.69. The monoisotopic (exact) mass is 485 g/mol. The summed E-state index contributed by atoms with van der Waals surface area (Å²) in [5.74, 6) is -0.719. The van der Waals surface area contributed by atoms with Crippen LogP contribution in [0.15, 0.2) is 96.1 Å². The summed E-state index contributed by atoms with van der Waals surface area (Å²) >= 11 is 0. The molecule has 0 spiro atoms. The predicted molar refractivity (Wildman–Crippen MR) is 136 cm³/mol. The van der Waals surface area contributed by atoms with Crippen LogP contribution in [0, 0.1) is 0 Å². The van der Waals surface area contributed by atoms with Gasteiger partial charge in [-0.1, -0.05) is 96.1 Å². The van der Waals surface area contributed by atoms with E-state index < -0.39 is 11.4 Å². The maximum absolute atomic E-state index is 8.70. The van der Waals surface area contributed by atoms with Crippen molar-refractivity contribution >= 4 is 0 Å². The minimum atomic E-state index is -0.846. The van der Waals surface area contributed by atoms with E-state index in [0.717, 1.165) is 16.7 Å². The van der Waals surface area contributed by atoms with E-state index in [2.05, 4.69) is 46.4 Å². The minimum Gasteiger partial charge on any atom is -0.367 e. The fourth-order valence-corrected chi connectivity index (χ4v) is 5.34. The molecule has 0 saturated carbocycles. The molecule has 186 valence electrons. The normalized spacial score (nSPS) is 24.7. The van der Waals surface area contributed by atoms with Crippen LogP contribution in [0.4, 0.5) is 0 Å². The molecule has 2 heterocycles. The first kappa shape index (κ1) is 24.5. The first-order valence-corrected chi connectivity index (χ1v) is 12.4. The average molecular weight is 486 g/mol. The molecule has 7 nitrogen and oxygen atoms in total. The number of benzene rings is 3. The van der Waals surface area contributed by atoms with Gasteiger partial charge in [0.25, 0.3) is 0 Å². The fraction of sp³-hybridized carbons (Fsp3) is 0.379. The molecule has 36 heavy (non-hydrogen) atoms. The van der Waals surface area contributed by atoms with Crippen molar-refractivity contribution in [3.05, 3.63) is 118 Å². The molecule has 0 aromatic heterocycles. The van der Waals surface area contributed by atoms with Gasteiger partial charge < -0.3 is 18.9 Å². The Balaban J connectivity index is 1.50. The second-order valence-electron chi connectivity index (χ2n) is 9.61. The van der Waals surface area contributed by atoms with E-state index in [9.17, 15) is 0 Å². The number of hydrogen-bond acceptors (Lipinski definition) is 5. The van der Waals surface area contributed by atoms with Crippen LogP contribution >= 0.6 is 0 Å². The second-order valence-corrected chi connectivity index (χ2v) is 9.61. The van der Waals surface area contributed by atoms with Gasteiger partial charge >= 0.3 is 0 Å². The first-order valence-electron chi connectivity index (χ1n) is 12.4. The topological polar surface area (TPSA) is 85.7 Å². The molecule has 0 bridgehead atoms. The minimum absolute atomic E-state index is 0.240. The van der Waals surface area contributed by atoms with E-state index in [1.165, 1.54) is 0 Å². The summed E-state index contributed by atoms with van der Waals surface area (Å²) in [6.45, 7) is 4.45. The van der Waals surface area contributed by atoms with Gasteiger partial charge in [-0.3, -0.25) is 0 Å². The third kappa shape index (κ3) is 4.76. The molecule has 2 aliphatic rings. The summed E-state index contributed by atoms with van der Waals surface area (Å²) in [6.07, 6.45) is -0.556. The molecule has 0 radical (unpaired) electrons. The van der Waals surface area contributed by atoms with Crippen molar-refractivity contribution < 1.29 is 18.9 Å². The number of ether oxygens (including phenoxy) is 4. The summed E-state index contributed by atoms with van der Waals surface area (Å²) in [4.78, 5) is 2.87. The number of rotatable bonds is 9. The van der Waals surface area contributed by atoms with Gasteiger partial charge in [-0.15, -0.1) is 0 Å². The first-order chi connectivity index (χ1) is 17.5. The third-order valence-corrected chi connectivity index (χ3v) is 6.83. The van der Waals surface area contributed by atoms with Crippen LogP contribution in [0.3, 0.4) is 0 Å². The average Bonchev–Trinajstić information content (AvgIpc) is 3.39.